The zero-order valence-corrected chi connectivity index (χ0v) is 16.0. The molecule has 0 bridgehead atoms. The van der Waals surface area contributed by atoms with Crippen LogP contribution in [0.15, 0.2) is 0 Å². The first-order valence-electron chi connectivity index (χ1n) is 8.12. The number of aromatic nitrogens is 2. The van der Waals surface area contributed by atoms with Crippen LogP contribution in [-0.2, 0) is 21.4 Å². The summed E-state index contributed by atoms with van der Waals surface area (Å²) in [5.41, 5.74) is 1.75. The van der Waals surface area contributed by atoms with E-state index in [1.165, 1.54) is 10.6 Å². The zero-order chi connectivity index (χ0) is 17.9. The second kappa shape index (κ2) is 7.84. The molecule has 1 aromatic rings. The lowest BCUT2D eigenvalue weighted by atomic mass is 9.97. The Morgan fingerprint density at radius 2 is 1.96 bits per heavy atom. The third kappa shape index (κ3) is 4.70. The van der Waals surface area contributed by atoms with Crippen molar-refractivity contribution in [1.29, 1.82) is 0 Å². The van der Waals surface area contributed by atoms with Crippen LogP contribution in [0.25, 0.3) is 0 Å². The number of amides is 1. The number of halogens is 1. The molecule has 24 heavy (non-hydrogen) atoms. The number of carbonyl (C=O) groups excluding carboxylic acids is 1. The Morgan fingerprint density at radius 3 is 2.46 bits per heavy atom. The molecule has 1 saturated heterocycles. The number of sulfonamides is 1. The van der Waals surface area contributed by atoms with Gasteiger partial charge < -0.3 is 5.32 Å². The Labute approximate surface area is 148 Å². The Morgan fingerprint density at radius 1 is 1.33 bits per heavy atom. The van der Waals surface area contributed by atoms with Crippen LogP contribution in [0.3, 0.4) is 0 Å². The van der Waals surface area contributed by atoms with Crippen LogP contribution < -0.4 is 5.32 Å². The van der Waals surface area contributed by atoms with Gasteiger partial charge in [0, 0.05) is 32.1 Å². The molecule has 0 unspecified atom stereocenters. The predicted octanol–water partition coefficient (Wildman–Crippen LogP) is 1.33. The Hall–Kier alpha value is -1.12. The van der Waals surface area contributed by atoms with Gasteiger partial charge in [0.05, 0.1) is 22.7 Å². The van der Waals surface area contributed by atoms with Crippen molar-refractivity contribution in [3.63, 3.8) is 0 Å². The minimum absolute atomic E-state index is 0.00884. The number of nitrogens with zero attached hydrogens (tertiary/aromatic N) is 3. The van der Waals surface area contributed by atoms with Gasteiger partial charge in [0.1, 0.15) is 0 Å². The summed E-state index contributed by atoms with van der Waals surface area (Å²) in [5.74, 6) is -0.0966. The summed E-state index contributed by atoms with van der Waals surface area (Å²) >= 11 is 6.11. The molecule has 1 amide bonds. The molecule has 136 valence electrons. The molecule has 1 aliphatic heterocycles. The fourth-order valence-corrected chi connectivity index (χ4v) is 3.94. The largest absolute Gasteiger partial charge is 0.356 e. The van der Waals surface area contributed by atoms with Gasteiger partial charge in [-0.25, -0.2) is 12.7 Å². The van der Waals surface area contributed by atoms with Gasteiger partial charge in [-0.1, -0.05) is 11.6 Å². The first kappa shape index (κ1) is 19.2. The SMILES string of the molecule is Cc1nn(CCCNC(=O)C2CCN(S(C)(=O)=O)CC2)c(C)c1Cl. The summed E-state index contributed by atoms with van der Waals surface area (Å²) in [6, 6.07) is 0. The van der Waals surface area contributed by atoms with E-state index in [2.05, 4.69) is 10.4 Å². The van der Waals surface area contributed by atoms with Crippen LogP contribution in [0.4, 0.5) is 0 Å². The Balaban J connectivity index is 1.71. The van der Waals surface area contributed by atoms with Crippen LogP contribution in [0.2, 0.25) is 5.02 Å². The summed E-state index contributed by atoms with van der Waals surface area (Å²) < 4.78 is 26.2. The van der Waals surface area contributed by atoms with Crippen molar-refractivity contribution in [2.75, 3.05) is 25.9 Å². The van der Waals surface area contributed by atoms with Crippen LogP contribution in [-0.4, -0.2) is 54.3 Å². The van der Waals surface area contributed by atoms with Gasteiger partial charge >= 0.3 is 0 Å². The average molecular weight is 377 g/mol. The van der Waals surface area contributed by atoms with Crippen molar-refractivity contribution in [3.05, 3.63) is 16.4 Å². The van der Waals surface area contributed by atoms with Crippen molar-refractivity contribution < 1.29 is 13.2 Å². The van der Waals surface area contributed by atoms with E-state index in [9.17, 15) is 13.2 Å². The lowest BCUT2D eigenvalue weighted by molar-refractivity contribution is -0.126. The highest BCUT2D eigenvalue weighted by atomic mass is 35.5. The van der Waals surface area contributed by atoms with Crippen molar-refractivity contribution in [1.82, 2.24) is 19.4 Å². The lowest BCUT2D eigenvalue weighted by Gasteiger charge is -2.29. The molecule has 2 rings (SSSR count). The number of aryl methyl sites for hydroxylation is 2. The van der Waals surface area contributed by atoms with Crippen LogP contribution in [0.1, 0.15) is 30.7 Å². The highest BCUT2D eigenvalue weighted by Crippen LogP contribution is 2.20. The fourth-order valence-electron chi connectivity index (χ4n) is 2.93. The number of nitrogens with one attached hydrogen (secondary N) is 1. The second-order valence-corrected chi connectivity index (χ2v) is 8.65. The molecular formula is C15H25ClN4O3S. The van der Waals surface area contributed by atoms with Crippen LogP contribution in [0.5, 0.6) is 0 Å². The molecule has 1 aliphatic rings. The molecule has 0 aromatic carbocycles. The third-order valence-electron chi connectivity index (χ3n) is 4.43. The summed E-state index contributed by atoms with van der Waals surface area (Å²) in [6.07, 6.45) is 3.13. The first-order valence-corrected chi connectivity index (χ1v) is 10.3. The van der Waals surface area contributed by atoms with E-state index in [4.69, 9.17) is 11.6 Å². The van der Waals surface area contributed by atoms with Crippen molar-refractivity contribution >= 4 is 27.5 Å². The number of rotatable bonds is 6. The lowest BCUT2D eigenvalue weighted by Crippen LogP contribution is -2.42. The molecule has 0 aliphatic carbocycles. The summed E-state index contributed by atoms with van der Waals surface area (Å²) in [5, 5.41) is 7.98. The van der Waals surface area contributed by atoms with Crippen molar-refractivity contribution in [2.24, 2.45) is 5.92 Å². The van der Waals surface area contributed by atoms with Crippen molar-refractivity contribution in [3.8, 4) is 0 Å². The highest BCUT2D eigenvalue weighted by Gasteiger charge is 2.28. The molecule has 0 atom stereocenters. The zero-order valence-electron chi connectivity index (χ0n) is 14.4. The molecule has 1 N–H and O–H groups in total. The van der Waals surface area contributed by atoms with Crippen LogP contribution in [0, 0.1) is 19.8 Å². The topological polar surface area (TPSA) is 84.3 Å². The van der Waals surface area contributed by atoms with E-state index >= 15 is 0 Å². The molecule has 2 heterocycles. The van der Waals surface area contributed by atoms with E-state index in [-0.39, 0.29) is 11.8 Å². The maximum absolute atomic E-state index is 12.2. The fraction of sp³-hybridized carbons (Fsp3) is 0.733. The molecule has 7 nitrogen and oxygen atoms in total. The van der Waals surface area contributed by atoms with Crippen LogP contribution >= 0.6 is 11.6 Å². The highest BCUT2D eigenvalue weighted by molar-refractivity contribution is 7.88. The van der Waals surface area contributed by atoms with Gasteiger partial charge in [-0.15, -0.1) is 0 Å². The normalized spacial score (nSPS) is 17.2. The average Bonchev–Trinajstić information content (AvgIpc) is 2.78. The third-order valence-corrected chi connectivity index (χ3v) is 6.28. The molecule has 1 fully saturated rings. The second-order valence-electron chi connectivity index (χ2n) is 6.29. The van der Waals surface area contributed by atoms with E-state index < -0.39 is 10.0 Å². The maximum atomic E-state index is 12.2. The molecule has 0 radical (unpaired) electrons. The maximum Gasteiger partial charge on any atom is 0.223 e. The van der Waals surface area contributed by atoms with Crippen molar-refractivity contribution in [2.45, 2.75) is 39.7 Å². The first-order chi connectivity index (χ1) is 11.2. The minimum atomic E-state index is -3.15. The quantitative estimate of drug-likeness (QED) is 0.759. The van der Waals surface area contributed by atoms with E-state index in [1.807, 2.05) is 18.5 Å². The number of piperidine rings is 1. The van der Waals surface area contributed by atoms with E-state index in [0.29, 0.717) is 44.0 Å². The van der Waals surface area contributed by atoms with Gasteiger partial charge in [-0.2, -0.15) is 5.10 Å². The number of hydrogen-bond donors (Lipinski definition) is 1. The molecule has 1 aromatic heterocycles. The molecular weight excluding hydrogens is 352 g/mol. The summed E-state index contributed by atoms with van der Waals surface area (Å²) in [7, 11) is -3.15. The number of hydrogen-bond acceptors (Lipinski definition) is 4. The smallest absolute Gasteiger partial charge is 0.223 e. The van der Waals surface area contributed by atoms with Gasteiger partial charge in [-0.3, -0.25) is 9.48 Å². The van der Waals surface area contributed by atoms with Gasteiger partial charge in [0.25, 0.3) is 0 Å². The minimum Gasteiger partial charge on any atom is -0.356 e. The number of carbonyl (C=O) groups is 1. The summed E-state index contributed by atoms with van der Waals surface area (Å²) in [4.78, 5) is 12.2. The Bertz CT molecular complexity index is 694. The van der Waals surface area contributed by atoms with E-state index in [0.717, 1.165) is 17.8 Å². The van der Waals surface area contributed by atoms with Gasteiger partial charge in [0.2, 0.25) is 15.9 Å². The molecule has 0 saturated carbocycles. The molecule has 9 heteroatoms. The predicted molar refractivity (Wildman–Crippen MR) is 93.5 cm³/mol. The summed E-state index contributed by atoms with van der Waals surface area (Å²) in [6.45, 7) is 5.91. The monoisotopic (exact) mass is 376 g/mol. The van der Waals surface area contributed by atoms with E-state index in [1.54, 1.807) is 0 Å². The molecule has 0 spiro atoms. The Kier molecular flexibility index (Phi) is 6.28. The van der Waals surface area contributed by atoms with Gasteiger partial charge in [0.15, 0.2) is 0 Å². The standard InChI is InChI=1S/C15H25ClN4O3S/c1-11-14(16)12(2)20(18-11)8-4-7-17-15(21)13-5-9-19(10-6-13)24(3,22)23/h13H,4-10H2,1-3H3,(H,17,21). The van der Waals surface area contributed by atoms with Gasteiger partial charge in [-0.05, 0) is 33.1 Å².